The zero-order chi connectivity index (χ0) is 16.2. The van der Waals surface area contributed by atoms with Crippen molar-refractivity contribution in [3.8, 4) is 0 Å². The number of amides is 2. The normalized spacial score (nSPS) is 19.0. The van der Waals surface area contributed by atoms with Gasteiger partial charge in [-0.25, -0.2) is 9.18 Å². The lowest BCUT2D eigenvalue weighted by Gasteiger charge is -2.33. The number of nitrogens with one attached hydrogen (secondary N) is 1. The third-order valence-corrected chi connectivity index (χ3v) is 5.09. The average Bonchev–Trinajstić information content (AvgIpc) is 3.10. The molecule has 1 aromatic rings. The molecule has 1 N–H and O–H groups in total. The minimum absolute atomic E-state index is 0.129. The van der Waals surface area contributed by atoms with Gasteiger partial charge in [-0.05, 0) is 43.9 Å². The summed E-state index contributed by atoms with van der Waals surface area (Å²) in [4.78, 5) is 15.9. The molecule has 1 saturated heterocycles. The summed E-state index contributed by atoms with van der Waals surface area (Å²) >= 11 is 0. The van der Waals surface area contributed by atoms with Gasteiger partial charge in [-0.3, -0.25) is 0 Å². The number of hydrogen-bond acceptors (Lipinski definition) is 2. The van der Waals surface area contributed by atoms with Gasteiger partial charge < -0.3 is 15.1 Å². The van der Waals surface area contributed by atoms with Gasteiger partial charge in [-0.1, -0.05) is 19.3 Å². The molecular weight excluding hydrogens is 293 g/mol. The molecule has 1 aromatic carbocycles. The number of carbonyl (C=O) groups excluding carboxylic acids is 1. The summed E-state index contributed by atoms with van der Waals surface area (Å²) in [6, 6.07) is 5.30. The van der Waals surface area contributed by atoms with Crippen molar-refractivity contribution in [3.63, 3.8) is 0 Å². The summed E-state index contributed by atoms with van der Waals surface area (Å²) in [7, 11) is 1.97. The van der Waals surface area contributed by atoms with Gasteiger partial charge in [0.15, 0.2) is 0 Å². The van der Waals surface area contributed by atoms with Gasteiger partial charge in [0.1, 0.15) is 5.82 Å². The Hall–Kier alpha value is -1.78. The largest absolute Gasteiger partial charge is 0.369 e. The van der Waals surface area contributed by atoms with Crippen LogP contribution in [0.1, 0.15) is 44.9 Å². The molecule has 126 valence electrons. The second kappa shape index (κ2) is 7.20. The molecule has 0 spiro atoms. The lowest BCUT2D eigenvalue weighted by atomic mass is 9.94. The van der Waals surface area contributed by atoms with Gasteiger partial charge in [0.2, 0.25) is 0 Å². The zero-order valence-corrected chi connectivity index (χ0v) is 13.9. The van der Waals surface area contributed by atoms with E-state index in [0.29, 0.717) is 17.4 Å². The molecule has 2 fully saturated rings. The van der Waals surface area contributed by atoms with E-state index in [9.17, 15) is 9.18 Å². The van der Waals surface area contributed by atoms with Crippen molar-refractivity contribution in [2.24, 2.45) is 0 Å². The van der Waals surface area contributed by atoms with E-state index in [0.717, 1.165) is 38.8 Å². The highest BCUT2D eigenvalue weighted by Gasteiger charge is 2.21. The molecular formula is C18H26FN3O. The number of benzene rings is 1. The number of hydrogen-bond donors (Lipinski definition) is 1. The van der Waals surface area contributed by atoms with Crippen LogP contribution >= 0.6 is 0 Å². The van der Waals surface area contributed by atoms with Crippen molar-refractivity contribution in [2.45, 2.75) is 51.0 Å². The molecule has 5 heteroatoms. The van der Waals surface area contributed by atoms with Crippen LogP contribution < -0.4 is 10.2 Å². The van der Waals surface area contributed by atoms with Crippen molar-refractivity contribution in [3.05, 3.63) is 24.0 Å². The Balaban J connectivity index is 1.66. The van der Waals surface area contributed by atoms with Gasteiger partial charge in [-0.15, -0.1) is 0 Å². The van der Waals surface area contributed by atoms with Crippen LogP contribution in [0.25, 0.3) is 0 Å². The first-order valence-corrected chi connectivity index (χ1v) is 8.73. The number of urea groups is 1. The van der Waals surface area contributed by atoms with Crippen LogP contribution in [-0.4, -0.2) is 37.1 Å². The van der Waals surface area contributed by atoms with Gasteiger partial charge in [0.25, 0.3) is 0 Å². The van der Waals surface area contributed by atoms with E-state index in [2.05, 4.69) is 10.2 Å². The first-order chi connectivity index (χ1) is 11.1. The molecule has 1 aliphatic heterocycles. The summed E-state index contributed by atoms with van der Waals surface area (Å²) in [6.45, 7) is 1.58. The fourth-order valence-corrected chi connectivity index (χ4v) is 3.66. The molecule has 0 radical (unpaired) electrons. The second-order valence-corrected chi connectivity index (χ2v) is 6.69. The molecule has 1 heterocycles. The summed E-state index contributed by atoms with van der Waals surface area (Å²) in [5.74, 6) is -0.266. The molecule has 2 aliphatic rings. The lowest BCUT2D eigenvalue weighted by molar-refractivity contribution is 0.222. The SMILES string of the molecule is CN(c1ccc(NC(=O)N2CCCC2)cc1F)C1CCCCC1. The van der Waals surface area contributed by atoms with Gasteiger partial charge >= 0.3 is 6.03 Å². The molecule has 0 atom stereocenters. The summed E-state index contributed by atoms with van der Waals surface area (Å²) in [5, 5.41) is 2.80. The third kappa shape index (κ3) is 3.77. The van der Waals surface area contributed by atoms with E-state index in [1.807, 2.05) is 7.05 Å². The molecule has 4 nitrogen and oxygen atoms in total. The Labute approximate surface area is 137 Å². The first-order valence-electron chi connectivity index (χ1n) is 8.73. The van der Waals surface area contributed by atoms with Crippen molar-refractivity contribution < 1.29 is 9.18 Å². The predicted molar refractivity (Wildman–Crippen MR) is 91.5 cm³/mol. The van der Waals surface area contributed by atoms with E-state index in [1.165, 1.54) is 25.3 Å². The predicted octanol–water partition coefficient (Wildman–Crippen LogP) is 4.22. The number of rotatable bonds is 3. The van der Waals surface area contributed by atoms with Crippen LogP contribution in [0, 0.1) is 5.82 Å². The smallest absolute Gasteiger partial charge is 0.321 e. The Kier molecular flexibility index (Phi) is 5.03. The Morgan fingerprint density at radius 2 is 1.87 bits per heavy atom. The van der Waals surface area contributed by atoms with Crippen molar-refractivity contribution in [1.82, 2.24) is 4.90 Å². The second-order valence-electron chi connectivity index (χ2n) is 6.69. The van der Waals surface area contributed by atoms with Gasteiger partial charge in [0, 0.05) is 31.9 Å². The number of anilines is 2. The number of halogens is 1. The topological polar surface area (TPSA) is 35.6 Å². The molecule has 1 saturated carbocycles. The summed E-state index contributed by atoms with van der Waals surface area (Å²) < 4.78 is 14.5. The van der Waals surface area contributed by atoms with Crippen molar-refractivity contribution >= 4 is 17.4 Å². The Bertz CT molecular complexity index is 551. The quantitative estimate of drug-likeness (QED) is 0.905. The van der Waals surface area contributed by atoms with E-state index >= 15 is 0 Å². The third-order valence-electron chi connectivity index (χ3n) is 5.09. The molecule has 0 unspecified atom stereocenters. The van der Waals surface area contributed by atoms with Crippen molar-refractivity contribution in [2.75, 3.05) is 30.4 Å². The Morgan fingerprint density at radius 1 is 1.17 bits per heavy atom. The highest BCUT2D eigenvalue weighted by Crippen LogP contribution is 2.29. The lowest BCUT2D eigenvalue weighted by Crippen LogP contribution is -2.34. The summed E-state index contributed by atoms with van der Waals surface area (Å²) in [6.07, 6.45) is 8.09. The Morgan fingerprint density at radius 3 is 2.52 bits per heavy atom. The molecule has 3 rings (SSSR count). The first kappa shape index (κ1) is 16.1. The van der Waals surface area contributed by atoms with Crippen LogP contribution in [-0.2, 0) is 0 Å². The minimum Gasteiger partial charge on any atom is -0.369 e. The number of likely N-dealkylation sites (tertiary alicyclic amines) is 1. The highest BCUT2D eigenvalue weighted by atomic mass is 19.1. The standard InChI is InChI=1S/C18H26FN3O/c1-21(15-7-3-2-4-8-15)17-10-9-14(13-16(17)19)20-18(23)22-11-5-6-12-22/h9-10,13,15H,2-8,11-12H2,1H3,(H,20,23). The number of nitrogens with zero attached hydrogens (tertiary/aromatic N) is 2. The van der Waals surface area contributed by atoms with Gasteiger partial charge in [-0.2, -0.15) is 0 Å². The molecule has 1 aliphatic carbocycles. The van der Waals surface area contributed by atoms with Crippen LogP contribution in [0.4, 0.5) is 20.6 Å². The maximum Gasteiger partial charge on any atom is 0.321 e. The highest BCUT2D eigenvalue weighted by molar-refractivity contribution is 5.89. The maximum atomic E-state index is 14.5. The van der Waals surface area contributed by atoms with E-state index in [-0.39, 0.29) is 11.8 Å². The van der Waals surface area contributed by atoms with Crippen LogP contribution in [0.15, 0.2) is 18.2 Å². The molecule has 2 amide bonds. The zero-order valence-electron chi connectivity index (χ0n) is 13.9. The maximum absolute atomic E-state index is 14.5. The van der Waals surface area contributed by atoms with Crippen LogP contribution in [0.3, 0.4) is 0 Å². The average molecular weight is 319 g/mol. The van der Waals surface area contributed by atoms with Crippen molar-refractivity contribution in [1.29, 1.82) is 0 Å². The van der Waals surface area contributed by atoms with Crippen LogP contribution in [0.2, 0.25) is 0 Å². The minimum atomic E-state index is -0.266. The summed E-state index contributed by atoms with van der Waals surface area (Å²) in [5.41, 5.74) is 1.15. The van der Waals surface area contributed by atoms with E-state index < -0.39 is 0 Å². The monoisotopic (exact) mass is 319 g/mol. The van der Waals surface area contributed by atoms with E-state index in [1.54, 1.807) is 17.0 Å². The molecule has 23 heavy (non-hydrogen) atoms. The number of carbonyl (C=O) groups is 1. The molecule has 0 aromatic heterocycles. The van der Waals surface area contributed by atoms with Gasteiger partial charge in [0.05, 0.1) is 5.69 Å². The fraction of sp³-hybridized carbons (Fsp3) is 0.611. The molecule has 0 bridgehead atoms. The van der Waals surface area contributed by atoms with Crippen LogP contribution in [0.5, 0.6) is 0 Å². The fourth-order valence-electron chi connectivity index (χ4n) is 3.66. The van der Waals surface area contributed by atoms with E-state index in [4.69, 9.17) is 0 Å².